The molecule has 1 N–H and O–H groups in total. The fraction of sp³-hybridized carbons (Fsp3) is 0.875. The first kappa shape index (κ1) is 16.4. The first-order chi connectivity index (χ1) is 9.99. The molecule has 0 aliphatic carbocycles. The predicted molar refractivity (Wildman–Crippen MR) is 84.2 cm³/mol. The molecular weight excluding hydrogens is 264 g/mol. The Hall–Kier alpha value is -0.940. The molecule has 1 aliphatic rings. The van der Waals surface area contributed by atoms with Crippen LogP contribution >= 0.6 is 0 Å². The Balaban J connectivity index is 1.93. The first-order valence-electron chi connectivity index (χ1n) is 8.25. The molecule has 0 bridgehead atoms. The van der Waals surface area contributed by atoms with Gasteiger partial charge in [-0.2, -0.15) is 0 Å². The highest BCUT2D eigenvalue weighted by Crippen LogP contribution is 2.21. The lowest BCUT2D eigenvalue weighted by Crippen LogP contribution is -2.38. The fourth-order valence-corrected chi connectivity index (χ4v) is 2.81. The van der Waals surface area contributed by atoms with Gasteiger partial charge in [0, 0.05) is 12.0 Å². The van der Waals surface area contributed by atoms with E-state index in [1.54, 1.807) is 0 Å². The number of piperidine rings is 1. The molecule has 1 aromatic rings. The van der Waals surface area contributed by atoms with Crippen LogP contribution in [-0.2, 0) is 12.0 Å². The molecule has 0 radical (unpaired) electrons. The number of hydrogen-bond acceptors (Lipinski definition) is 5. The third-order valence-electron chi connectivity index (χ3n) is 3.92. The second kappa shape index (κ2) is 7.36. The summed E-state index contributed by atoms with van der Waals surface area (Å²) in [6.07, 6.45) is 3.77. The lowest BCUT2D eigenvalue weighted by Gasteiger charge is -2.29. The van der Waals surface area contributed by atoms with Crippen molar-refractivity contribution in [2.45, 2.75) is 58.9 Å². The van der Waals surface area contributed by atoms with Crippen LogP contribution in [0, 0.1) is 5.92 Å². The van der Waals surface area contributed by atoms with Crippen LogP contribution in [0.2, 0.25) is 0 Å². The molecule has 120 valence electrons. The summed E-state index contributed by atoms with van der Waals surface area (Å²) in [7, 11) is 0. The highest BCUT2D eigenvalue weighted by molar-refractivity contribution is 4.96. The molecule has 21 heavy (non-hydrogen) atoms. The summed E-state index contributed by atoms with van der Waals surface area (Å²) < 4.78 is 5.83. The van der Waals surface area contributed by atoms with E-state index >= 15 is 0 Å². The summed E-state index contributed by atoms with van der Waals surface area (Å²) >= 11 is 0. The standard InChI is InChI=1S/C16H30N4O/c1-5-9-20(11-13-7-6-8-17-10-13)12-14-18-19-15(21-14)16(2,3)4/h13,17H,5-12H2,1-4H3. The van der Waals surface area contributed by atoms with Crippen LogP contribution in [0.4, 0.5) is 0 Å². The van der Waals surface area contributed by atoms with Crippen molar-refractivity contribution in [3.8, 4) is 0 Å². The average Bonchev–Trinajstić information content (AvgIpc) is 2.89. The lowest BCUT2D eigenvalue weighted by molar-refractivity contribution is 0.183. The van der Waals surface area contributed by atoms with Gasteiger partial charge in [0.25, 0.3) is 0 Å². The largest absolute Gasteiger partial charge is 0.423 e. The molecule has 1 aromatic heterocycles. The average molecular weight is 294 g/mol. The third kappa shape index (κ3) is 5.08. The quantitative estimate of drug-likeness (QED) is 0.874. The summed E-state index contributed by atoms with van der Waals surface area (Å²) in [6.45, 7) is 13.8. The number of rotatable bonds is 6. The van der Waals surface area contributed by atoms with Crippen LogP contribution in [0.1, 0.15) is 58.7 Å². The summed E-state index contributed by atoms with van der Waals surface area (Å²) in [5.41, 5.74) is -0.0753. The molecule has 1 aliphatic heterocycles. The highest BCUT2D eigenvalue weighted by Gasteiger charge is 2.23. The molecule has 1 saturated heterocycles. The molecule has 1 fully saturated rings. The van der Waals surface area contributed by atoms with Crippen LogP contribution in [0.15, 0.2) is 4.42 Å². The fourth-order valence-electron chi connectivity index (χ4n) is 2.81. The first-order valence-corrected chi connectivity index (χ1v) is 8.25. The van der Waals surface area contributed by atoms with Gasteiger partial charge in [-0.25, -0.2) is 0 Å². The van der Waals surface area contributed by atoms with E-state index < -0.39 is 0 Å². The van der Waals surface area contributed by atoms with Crippen molar-refractivity contribution in [3.63, 3.8) is 0 Å². The molecule has 0 amide bonds. The zero-order valence-electron chi connectivity index (χ0n) is 14.0. The van der Waals surface area contributed by atoms with Gasteiger partial charge in [0.2, 0.25) is 11.8 Å². The minimum atomic E-state index is -0.0753. The Morgan fingerprint density at radius 3 is 2.71 bits per heavy atom. The molecule has 0 saturated carbocycles. The molecule has 0 spiro atoms. The molecule has 2 heterocycles. The smallest absolute Gasteiger partial charge is 0.230 e. The van der Waals surface area contributed by atoms with Gasteiger partial charge in [-0.3, -0.25) is 4.90 Å². The maximum absolute atomic E-state index is 5.83. The molecule has 5 heteroatoms. The van der Waals surface area contributed by atoms with E-state index in [4.69, 9.17) is 4.42 Å². The molecule has 2 rings (SSSR count). The minimum Gasteiger partial charge on any atom is -0.423 e. The van der Waals surface area contributed by atoms with Crippen molar-refractivity contribution in [2.24, 2.45) is 5.92 Å². The van der Waals surface area contributed by atoms with E-state index in [0.717, 1.165) is 50.3 Å². The lowest BCUT2D eigenvalue weighted by atomic mass is 9.97. The Morgan fingerprint density at radius 2 is 2.14 bits per heavy atom. The normalized spacial score (nSPS) is 20.1. The number of nitrogens with one attached hydrogen (secondary N) is 1. The van der Waals surface area contributed by atoms with Crippen LogP contribution in [0.3, 0.4) is 0 Å². The Labute approximate surface area is 128 Å². The van der Waals surface area contributed by atoms with Crippen molar-refractivity contribution in [1.82, 2.24) is 20.4 Å². The Bertz CT molecular complexity index is 418. The second-order valence-corrected chi connectivity index (χ2v) is 7.20. The summed E-state index contributed by atoms with van der Waals surface area (Å²) in [5, 5.41) is 11.9. The third-order valence-corrected chi connectivity index (χ3v) is 3.92. The zero-order valence-corrected chi connectivity index (χ0v) is 14.0. The summed E-state index contributed by atoms with van der Waals surface area (Å²) in [4.78, 5) is 2.46. The van der Waals surface area contributed by atoms with Crippen molar-refractivity contribution >= 4 is 0 Å². The van der Waals surface area contributed by atoms with Crippen LogP contribution in [0.25, 0.3) is 0 Å². The predicted octanol–water partition coefficient (Wildman–Crippen LogP) is 2.58. The monoisotopic (exact) mass is 294 g/mol. The maximum atomic E-state index is 5.83. The van der Waals surface area contributed by atoms with Crippen LogP contribution in [-0.4, -0.2) is 41.3 Å². The van der Waals surface area contributed by atoms with Crippen molar-refractivity contribution in [2.75, 3.05) is 26.2 Å². The van der Waals surface area contributed by atoms with E-state index in [9.17, 15) is 0 Å². The van der Waals surface area contributed by atoms with E-state index in [2.05, 4.69) is 48.1 Å². The van der Waals surface area contributed by atoms with E-state index in [0.29, 0.717) is 0 Å². The van der Waals surface area contributed by atoms with Gasteiger partial charge < -0.3 is 9.73 Å². The van der Waals surface area contributed by atoms with Crippen molar-refractivity contribution in [3.05, 3.63) is 11.8 Å². The number of aromatic nitrogens is 2. The van der Waals surface area contributed by atoms with E-state index in [1.165, 1.54) is 19.4 Å². The van der Waals surface area contributed by atoms with Gasteiger partial charge in [-0.15, -0.1) is 10.2 Å². The van der Waals surface area contributed by atoms with E-state index in [1.807, 2.05) is 0 Å². The van der Waals surface area contributed by atoms with Gasteiger partial charge in [0.1, 0.15) is 0 Å². The molecule has 1 atom stereocenters. The molecular formula is C16H30N4O. The van der Waals surface area contributed by atoms with Gasteiger partial charge in [-0.05, 0) is 44.8 Å². The molecule has 5 nitrogen and oxygen atoms in total. The number of nitrogens with zero attached hydrogens (tertiary/aromatic N) is 3. The maximum Gasteiger partial charge on any atom is 0.230 e. The van der Waals surface area contributed by atoms with Gasteiger partial charge in [-0.1, -0.05) is 27.7 Å². The summed E-state index contributed by atoms with van der Waals surface area (Å²) in [6, 6.07) is 0. The minimum absolute atomic E-state index is 0.0753. The van der Waals surface area contributed by atoms with E-state index in [-0.39, 0.29) is 5.41 Å². The molecule has 1 unspecified atom stereocenters. The van der Waals surface area contributed by atoms with Gasteiger partial charge >= 0.3 is 0 Å². The zero-order chi connectivity index (χ0) is 15.3. The Morgan fingerprint density at radius 1 is 1.33 bits per heavy atom. The SMILES string of the molecule is CCCN(Cc1nnc(C(C)(C)C)o1)CC1CCCNC1. The number of hydrogen-bond donors (Lipinski definition) is 1. The van der Waals surface area contributed by atoms with Crippen LogP contribution < -0.4 is 5.32 Å². The Kier molecular flexibility index (Phi) is 5.76. The second-order valence-electron chi connectivity index (χ2n) is 7.20. The summed E-state index contributed by atoms with van der Waals surface area (Å²) in [5.74, 6) is 2.22. The van der Waals surface area contributed by atoms with Crippen LogP contribution in [0.5, 0.6) is 0 Å². The van der Waals surface area contributed by atoms with Crippen molar-refractivity contribution < 1.29 is 4.42 Å². The van der Waals surface area contributed by atoms with Gasteiger partial charge in [0.05, 0.1) is 6.54 Å². The topological polar surface area (TPSA) is 54.2 Å². The molecule has 0 aromatic carbocycles. The van der Waals surface area contributed by atoms with Crippen molar-refractivity contribution in [1.29, 1.82) is 0 Å². The highest BCUT2D eigenvalue weighted by atomic mass is 16.4. The van der Waals surface area contributed by atoms with Gasteiger partial charge in [0.15, 0.2) is 0 Å².